The Labute approximate surface area is 155 Å². The van der Waals surface area contributed by atoms with Crippen molar-refractivity contribution in [2.24, 2.45) is 0 Å². The molecule has 1 aliphatic rings. The quantitative estimate of drug-likeness (QED) is 0.592. The van der Waals surface area contributed by atoms with E-state index in [4.69, 9.17) is 4.74 Å². The van der Waals surface area contributed by atoms with Gasteiger partial charge in [0.05, 0.1) is 13.5 Å². The van der Waals surface area contributed by atoms with Crippen LogP contribution in [0.15, 0.2) is 30.3 Å². The summed E-state index contributed by atoms with van der Waals surface area (Å²) >= 11 is 0. The molecule has 10 nitrogen and oxygen atoms in total. The molecule has 0 spiro atoms. The van der Waals surface area contributed by atoms with E-state index in [1.165, 1.54) is 0 Å². The number of nitrogens with zero attached hydrogens (tertiary/aromatic N) is 2. The van der Waals surface area contributed by atoms with Crippen LogP contribution in [0.4, 0.5) is 0 Å². The van der Waals surface area contributed by atoms with Gasteiger partial charge in [0.15, 0.2) is 0 Å². The molecule has 1 atom stereocenters. The molecule has 0 radical (unpaired) electrons. The largest absolute Gasteiger partial charge is 0.469 e. The SMILES string of the molecule is COC(=O)C[C@H]1C(=O)N(CC(=O)OCc2ccccc2)S(=O)(=O)N1C(C)=O. The topological polar surface area (TPSA) is 127 Å². The Balaban J connectivity index is 2.15. The van der Waals surface area contributed by atoms with Gasteiger partial charge in [0.2, 0.25) is 5.91 Å². The number of ether oxygens (including phenoxy) is 2. The van der Waals surface area contributed by atoms with Crippen LogP contribution in [0.1, 0.15) is 18.9 Å². The standard InChI is InChI=1S/C16H18N2O8S/c1-11(19)18-13(8-14(20)25-2)16(22)17(27(18,23)24)9-15(21)26-10-12-6-4-3-5-7-12/h3-7,13H,8-10H2,1-2H3/t13-/m0/s1. The van der Waals surface area contributed by atoms with Gasteiger partial charge in [-0.15, -0.1) is 0 Å². The van der Waals surface area contributed by atoms with Crippen LogP contribution in [0.25, 0.3) is 0 Å². The van der Waals surface area contributed by atoms with Crippen LogP contribution in [-0.4, -0.2) is 60.5 Å². The number of rotatable bonds is 6. The number of carbonyl (C=O) groups excluding carboxylic acids is 4. The molecule has 146 valence electrons. The van der Waals surface area contributed by atoms with Crippen LogP contribution in [0.2, 0.25) is 0 Å². The number of benzene rings is 1. The maximum Gasteiger partial charge on any atom is 0.332 e. The van der Waals surface area contributed by atoms with Crippen molar-refractivity contribution in [2.45, 2.75) is 26.0 Å². The van der Waals surface area contributed by atoms with E-state index in [1.807, 2.05) is 0 Å². The summed E-state index contributed by atoms with van der Waals surface area (Å²) in [6.07, 6.45) is -0.649. The van der Waals surface area contributed by atoms with Gasteiger partial charge in [-0.2, -0.15) is 8.42 Å². The fourth-order valence-electron chi connectivity index (χ4n) is 2.50. The van der Waals surface area contributed by atoms with Crippen LogP contribution in [-0.2, 0) is 45.5 Å². The lowest BCUT2D eigenvalue weighted by molar-refractivity contribution is -0.148. The summed E-state index contributed by atoms with van der Waals surface area (Å²) in [6.45, 7) is -0.0778. The molecule has 0 bridgehead atoms. The molecular formula is C16H18N2O8S. The summed E-state index contributed by atoms with van der Waals surface area (Å²) in [7, 11) is -3.54. The van der Waals surface area contributed by atoms with E-state index >= 15 is 0 Å². The molecule has 1 aliphatic heterocycles. The lowest BCUT2D eigenvalue weighted by Crippen LogP contribution is -2.41. The summed E-state index contributed by atoms with van der Waals surface area (Å²) in [6, 6.07) is 7.06. The van der Waals surface area contributed by atoms with Gasteiger partial charge in [0.25, 0.3) is 5.91 Å². The molecule has 2 rings (SSSR count). The molecular weight excluding hydrogens is 380 g/mol. The molecule has 0 unspecified atom stereocenters. The predicted octanol–water partition coefficient (Wildman–Crippen LogP) is -0.403. The van der Waals surface area contributed by atoms with Crippen molar-refractivity contribution in [3.8, 4) is 0 Å². The van der Waals surface area contributed by atoms with E-state index < -0.39 is 53.0 Å². The first-order valence-corrected chi connectivity index (χ1v) is 9.21. The second-order valence-corrected chi connectivity index (χ2v) is 7.34. The van der Waals surface area contributed by atoms with Gasteiger partial charge < -0.3 is 9.47 Å². The number of methoxy groups -OCH3 is 1. The Kier molecular flexibility index (Phi) is 6.16. The maximum atomic E-state index is 12.5. The van der Waals surface area contributed by atoms with Crippen molar-refractivity contribution >= 4 is 34.0 Å². The van der Waals surface area contributed by atoms with E-state index in [0.717, 1.165) is 14.0 Å². The number of hydrogen-bond acceptors (Lipinski definition) is 8. The molecule has 1 aromatic carbocycles. The third-order valence-corrected chi connectivity index (χ3v) is 5.63. The van der Waals surface area contributed by atoms with Crippen molar-refractivity contribution in [3.63, 3.8) is 0 Å². The molecule has 0 aliphatic carbocycles. The maximum absolute atomic E-state index is 12.5. The van der Waals surface area contributed by atoms with Crippen molar-refractivity contribution < 1.29 is 37.1 Å². The Morgan fingerprint density at radius 2 is 1.74 bits per heavy atom. The summed E-state index contributed by atoms with van der Waals surface area (Å²) in [5.74, 6) is -3.88. The van der Waals surface area contributed by atoms with E-state index in [2.05, 4.69) is 4.74 Å². The number of esters is 2. The average molecular weight is 398 g/mol. The number of carbonyl (C=O) groups is 4. The second-order valence-electron chi connectivity index (χ2n) is 5.61. The predicted molar refractivity (Wildman–Crippen MR) is 89.8 cm³/mol. The summed E-state index contributed by atoms with van der Waals surface area (Å²) in [4.78, 5) is 47.6. The van der Waals surface area contributed by atoms with E-state index in [9.17, 15) is 27.6 Å². The first-order valence-electron chi connectivity index (χ1n) is 7.81. The first-order chi connectivity index (χ1) is 12.7. The summed E-state index contributed by atoms with van der Waals surface area (Å²) in [5, 5.41) is 0. The van der Waals surface area contributed by atoms with Gasteiger partial charge in [-0.3, -0.25) is 19.2 Å². The molecule has 1 saturated heterocycles. The minimum atomic E-state index is -4.60. The second kappa shape index (κ2) is 8.16. The van der Waals surface area contributed by atoms with E-state index in [0.29, 0.717) is 5.56 Å². The minimum absolute atomic E-state index is 0.107. The molecule has 1 aromatic rings. The van der Waals surface area contributed by atoms with Gasteiger partial charge in [-0.05, 0) is 5.56 Å². The number of amides is 2. The summed E-state index contributed by atoms with van der Waals surface area (Å²) in [5.41, 5.74) is 0.676. The van der Waals surface area contributed by atoms with Crippen molar-refractivity contribution in [2.75, 3.05) is 13.7 Å². The van der Waals surface area contributed by atoms with Gasteiger partial charge in [0.1, 0.15) is 19.2 Å². The fourth-order valence-corrected chi connectivity index (χ4v) is 4.14. The fraction of sp³-hybridized carbons (Fsp3) is 0.375. The van der Waals surface area contributed by atoms with Crippen LogP contribution in [0.5, 0.6) is 0 Å². The zero-order valence-corrected chi connectivity index (χ0v) is 15.5. The highest BCUT2D eigenvalue weighted by molar-refractivity contribution is 7.88. The van der Waals surface area contributed by atoms with Gasteiger partial charge in [-0.25, -0.2) is 8.61 Å². The Morgan fingerprint density at radius 1 is 1.11 bits per heavy atom. The first kappa shape index (κ1) is 20.4. The molecule has 1 fully saturated rings. The highest BCUT2D eigenvalue weighted by atomic mass is 32.2. The lowest BCUT2D eigenvalue weighted by Gasteiger charge is -2.18. The van der Waals surface area contributed by atoms with Crippen LogP contribution in [0.3, 0.4) is 0 Å². The van der Waals surface area contributed by atoms with Crippen LogP contribution >= 0.6 is 0 Å². The molecule has 0 aromatic heterocycles. The smallest absolute Gasteiger partial charge is 0.332 e. The van der Waals surface area contributed by atoms with Crippen LogP contribution in [0, 0.1) is 0 Å². The Hall–Kier alpha value is -2.95. The monoisotopic (exact) mass is 398 g/mol. The molecule has 11 heteroatoms. The Morgan fingerprint density at radius 3 is 2.30 bits per heavy atom. The highest BCUT2D eigenvalue weighted by Gasteiger charge is 2.53. The molecule has 0 N–H and O–H groups in total. The third kappa shape index (κ3) is 4.42. The zero-order valence-electron chi connectivity index (χ0n) is 14.7. The molecule has 2 amide bonds. The Bertz CT molecular complexity index is 852. The number of hydrogen-bond donors (Lipinski definition) is 0. The van der Waals surface area contributed by atoms with Gasteiger partial charge in [0, 0.05) is 6.92 Å². The lowest BCUT2D eigenvalue weighted by atomic mass is 10.2. The van der Waals surface area contributed by atoms with Crippen molar-refractivity contribution in [1.82, 2.24) is 8.61 Å². The zero-order chi connectivity index (χ0) is 20.2. The average Bonchev–Trinajstić information content (AvgIpc) is 2.80. The van der Waals surface area contributed by atoms with Crippen molar-refractivity contribution in [1.29, 1.82) is 0 Å². The van der Waals surface area contributed by atoms with Gasteiger partial charge >= 0.3 is 22.1 Å². The highest BCUT2D eigenvalue weighted by Crippen LogP contribution is 2.26. The summed E-state index contributed by atoms with van der Waals surface area (Å²) < 4.78 is 34.9. The van der Waals surface area contributed by atoms with Crippen LogP contribution < -0.4 is 0 Å². The normalized spacial score (nSPS) is 18.3. The van der Waals surface area contributed by atoms with Crippen molar-refractivity contribution in [3.05, 3.63) is 35.9 Å². The van der Waals surface area contributed by atoms with E-state index in [1.54, 1.807) is 30.3 Å². The molecule has 0 saturated carbocycles. The minimum Gasteiger partial charge on any atom is -0.469 e. The third-order valence-electron chi connectivity index (χ3n) is 3.75. The van der Waals surface area contributed by atoms with E-state index in [-0.39, 0.29) is 15.2 Å². The molecule has 27 heavy (non-hydrogen) atoms. The van der Waals surface area contributed by atoms with Gasteiger partial charge in [-0.1, -0.05) is 30.3 Å². The molecule has 1 heterocycles.